The summed E-state index contributed by atoms with van der Waals surface area (Å²) >= 11 is 5.83. The lowest BCUT2D eigenvalue weighted by Gasteiger charge is -2.34. The number of aliphatic hydroxyl groups excluding tert-OH is 1. The van der Waals surface area contributed by atoms with Gasteiger partial charge in [-0.15, -0.1) is 0 Å². The molecular weight excluding hydrogens is 300 g/mol. The van der Waals surface area contributed by atoms with Gasteiger partial charge in [-0.2, -0.15) is 0 Å². The smallest absolute Gasteiger partial charge is 0.335 e. The normalized spacial score (nSPS) is 18.4. The summed E-state index contributed by atoms with van der Waals surface area (Å²) in [7, 11) is 0. The Labute approximate surface area is 126 Å². The monoisotopic (exact) mass is 314 g/mol. The maximum Gasteiger partial charge on any atom is 0.335 e. The molecule has 0 aromatic heterocycles. The molecule has 1 fully saturated rings. The van der Waals surface area contributed by atoms with Crippen LogP contribution in [0.3, 0.4) is 0 Å². The van der Waals surface area contributed by atoms with E-state index >= 15 is 0 Å². The van der Waals surface area contributed by atoms with Crippen LogP contribution in [0.25, 0.3) is 0 Å². The number of rotatable bonds is 3. The third kappa shape index (κ3) is 3.84. The maximum atomic E-state index is 12.2. The number of carbonyl (C=O) groups excluding carboxylic acids is 1. The van der Waals surface area contributed by atoms with E-state index in [1.165, 1.54) is 23.1 Å². The second kappa shape index (κ2) is 6.75. The zero-order valence-corrected chi connectivity index (χ0v) is 11.8. The number of nitrogens with one attached hydrogen (secondary N) is 1. The summed E-state index contributed by atoms with van der Waals surface area (Å²) in [4.78, 5) is 24.6. The van der Waals surface area contributed by atoms with Crippen molar-refractivity contribution in [1.82, 2.24) is 4.90 Å². The first kappa shape index (κ1) is 15.6. The number of urea groups is 1. The largest absolute Gasteiger partial charge is 0.478 e. The molecular formula is C13H15ClN2O5. The number of aliphatic hydroxyl groups is 1. The predicted octanol–water partition coefficient (Wildman–Crippen LogP) is 1.26. The first-order valence-electron chi connectivity index (χ1n) is 6.31. The maximum absolute atomic E-state index is 12.2. The molecule has 8 heteroatoms. The lowest BCUT2D eigenvalue weighted by Crippen LogP contribution is -2.52. The van der Waals surface area contributed by atoms with Gasteiger partial charge in [-0.1, -0.05) is 11.6 Å². The molecule has 0 radical (unpaired) electrons. The Morgan fingerprint density at radius 2 is 2.19 bits per heavy atom. The Kier molecular flexibility index (Phi) is 5.00. The van der Waals surface area contributed by atoms with Gasteiger partial charge in [-0.05, 0) is 18.2 Å². The molecule has 1 aliphatic rings. The van der Waals surface area contributed by atoms with Gasteiger partial charge in [0.15, 0.2) is 0 Å². The van der Waals surface area contributed by atoms with Gasteiger partial charge in [-0.25, -0.2) is 9.59 Å². The second-order valence-corrected chi connectivity index (χ2v) is 5.01. The summed E-state index contributed by atoms with van der Waals surface area (Å²) in [6.45, 7) is 0.798. The van der Waals surface area contributed by atoms with E-state index in [2.05, 4.69) is 5.32 Å². The van der Waals surface area contributed by atoms with Gasteiger partial charge >= 0.3 is 12.0 Å². The number of morpholine rings is 1. The van der Waals surface area contributed by atoms with Gasteiger partial charge in [-0.3, -0.25) is 0 Å². The second-order valence-electron chi connectivity index (χ2n) is 4.57. The van der Waals surface area contributed by atoms with Gasteiger partial charge < -0.3 is 25.2 Å². The van der Waals surface area contributed by atoms with Crippen molar-refractivity contribution in [3.05, 3.63) is 28.8 Å². The van der Waals surface area contributed by atoms with Crippen molar-refractivity contribution >= 4 is 29.3 Å². The van der Waals surface area contributed by atoms with Crippen LogP contribution in [0.4, 0.5) is 10.5 Å². The third-order valence-corrected chi connectivity index (χ3v) is 3.31. The van der Waals surface area contributed by atoms with Gasteiger partial charge in [0.2, 0.25) is 0 Å². The van der Waals surface area contributed by atoms with Crippen molar-refractivity contribution in [3.63, 3.8) is 0 Å². The van der Waals surface area contributed by atoms with E-state index < -0.39 is 18.0 Å². The van der Waals surface area contributed by atoms with E-state index in [1.807, 2.05) is 0 Å². The lowest BCUT2D eigenvalue weighted by molar-refractivity contribution is -0.00485. The molecule has 1 aliphatic heterocycles. The summed E-state index contributed by atoms with van der Waals surface area (Å²) in [5.41, 5.74) is 0.270. The SMILES string of the molecule is O=C(O)c1cc(Cl)cc(NC(=O)N2CCOCC2CO)c1. The molecule has 1 heterocycles. The molecule has 0 aliphatic carbocycles. The summed E-state index contributed by atoms with van der Waals surface area (Å²) < 4.78 is 5.19. The van der Waals surface area contributed by atoms with Crippen molar-refractivity contribution in [3.8, 4) is 0 Å². The summed E-state index contributed by atoms with van der Waals surface area (Å²) in [6.07, 6.45) is 0. The van der Waals surface area contributed by atoms with Gasteiger partial charge in [0, 0.05) is 17.3 Å². The highest BCUT2D eigenvalue weighted by Crippen LogP contribution is 2.20. The van der Waals surface area contributed by atoms with Crippen LogP contribution < -0.4 is 5.32 Å². The highest BCUT2D eigenvalue weighted by Gasteiger charge is 2.26. The van der Waals surface area contributed by atoms with Crippen LogP contribution in [-0.4, -0.2) is 59.5 Å². The molecule has 2 rings (SSSR count). The molecule has 1 aromatic carbocycles. The standard InChI is InChI=1S/C13H15ClN2O5/c14-9-3-8(12(18)19)4-10(5-9)15-13(20)16-1-2-21-7-11(16)6-17/h3-5,11,17H,1-2,6-7H2,(H,15,20)(H,18,19). The van der Waals surface area contributed by atoms with Gasteiger partial charge in [0.1, 0.15) is 0 Å². The van der Waals surface area contributed by atoms with E-state index in [-0.39, 0.29) is 29.5 Å². The van der Waals surface area contributed by atoms with Crippen LogP contribution in [0, 0.1) is 0 Å². The number of ether oxygens (including phenoxy) is 1. The van der Waals surface area contributed by atoms with Crippen LogP contribution in [0.2, 0.25) is 5.02 Å². The molecule has 3 N–H and O–H groups in total. The van der Waals surface area contributed by atoms with Gasteiger partial charge in [0.05, 0.1) is 31.4 Å². The topological polar surface area (TPSA) is 99.1 Å². The quantitative estimate of drug-likeness (QED) is 0.780. The fraction of sp³-hybridized carbons (Fsp3) is 0.385. The summed E-state index contributed by atoms with van der Waals surface area (Å²) in [6, 6.07) is 3.22. The number of nitrogens with zero attached hydrogens (tertiary/aromatic N) is 1. The number of carboxylic acid groups (broad SMARTS) is 1. The zero-order valence-electron chi connectivity index (χ0n) is 11.1. The van der Waals surface area contributed by atoms with Crippen molar-refractivity contribution in [2.45, 2.75) is 6.04 Å². The minimum absolute atomic E-state index is 0.0153. The number of halogens is 1. The number of hydrogen-bond acceptors (Lipinski definition) is 4. The van der Waals surface area contributed by atoms with Crippen molar-refractivity contribution in [2.24, 2.45) is 0 Å². The van der Waals surface area contributed by atoms with Crippen molar-refractivity contribution in [1.29, 1.82) is 0 Å². The Morgan fingerprint density at radius 1 is 1.43 bits per heavy atom. The van der Waals surface area contributed by atoms with E-state index in [1.54, 1.807) is 0 Å². The minimum Gasteiger partial charge on any atom is -0.478 e. The zero-order chi connectivity index (χ0) is 15.4. The fourth-order valence-corrected chi connectivity index (χ4v) is 2.29. The van der Waals surface area contributed by atoms with Gasteiger partial charge in [0.25, 0.3) is 0 Å². The Balaban J connectivity index is 2.13. The van der Waals surface area contributed by atoms with E-state index in [0.29, 0.717) is 13.2 Å². The van der Waals surface area contributed by atoms with Crippen LogP contribution >= 0.6 is 11.6 Å². The average Bonchev–Trinajstić information content (AvgIpc) is 2.46. The average molecular weight is 315 g/mol. The molecule has 114 valence electrons. The molecule has 0 bridgehead atoms. The molecule has 1 saturated heterocycles. The minimum atomic E-state index is -1.13. The molecule has 0 saturated carbocycles. The summed E-state index contributed by atoms with van der Waals surface area (Å²) in [5.74, 6) is -1.13. The van der Waals surface area contributed by atoms with Crippen molar-refractivity contribution in [2.75, 3.05) is 31.7 Å². The number of amides is 2. The lowest BCUT2D eigenvalue weighted by atomic mass is 10.2. The van der Waals surface area contributed by atoms with E-state index in [9.17, 15) is 14.7 Å². The highest BCUT2D eigenvalue weighted by molar-refractivity contribution is 6.31. The van der Waals surface area contributed by atoms with E-state index in [0.717, 1.165) is 0 Å². The molecule has 1 atom stereocenters. The highest BCUT2D eigenvalue weighted by atomic mass is 35.5. The molecule has 21 heavy (non-hydrogen) atoms. The fourth-order valence-electron chi connectivity index (χ4n) is 2.05. The van der Waals surface area contributed by atoms with Crippen LogP contribution in [0.15, 0.2) is 18.2 Å². The summed E-state index contributed by atoms with van der Waals surface area (Å²) in [5, 5.41) is 21.0. The third-order valence-electron chi connectivity index (χ3n) is 3.10. The Bertz CT molecular complexity index is 551. The van der Waals surface area contributed by atoms with Crippen molar-refractivity contribution < 1.29 is 24.5 Å². The van der Waals surface area contributed by atoms with Crippen LogP contribution in [0.5, 0.6) is 0 Å². The van der Waals surface area contributed by atoms with E-state index in [4.69, 9.17) is 21.4 Å². The molecule has 0 spiro atoms. The molecule has 1 aromatic rings. The number of carboxylic acids is 1. The predicted molar refractivity (Wildman–Crippen MR) is 75.8 cm³/mol. The first-order chi connectivity index (χ1) is 10.0. The Morgan fingerprint density at radius 3 is 2.86 bits per heavy atom. The number of aromatic carboxylic acids is 1. The first-order valence-corrected chi connectivity index (χ1v) is 6.69. The molecule has 7 nitrogen and oxygen atoms in total. The number of carbonyl (C=O) groups is 2. The Hall–Kier alpha value is -1.83. The number of hydrogen-bond donors (Lipinski definition) is 3. The molecule has 1 unspecified atom stereocenters. The number of benzene rings is 1. The van der Waals surface area contributed by atoms with Crippen LogP contribution in [-0.2, 0) is 4.74 Å². The number of anilines is 1. The van der Waals surface area contributed by atoms with Crippen LogP contribution in [0.1, 0.15) is 10.4 Å². The molecule has 2 amide bonds.